The van der Waals surface area contributed by atoms with Crippen LogP contribution in [0.25, 0.3) is 0 Å². The Morgan fingerprint density at radius 3 is 2.87 bits per heavy atom. The van der Waals surface area contributed by atoms with Crippen LogP contribution in [-0.4, -0.2) is 5.78 Å². The number of thioether (sulfide) groups is 1. The summed E-state index contributed by atoms with van der Waals surface area (Å²) in [5.41, 5.74) is 1.99. The minimum Gasteiger partial charge on any atom is -0.357 e. The number of benzene rings is 1. The van der Waals surface area contributed by atoms with Gasteiger partial charge in [0.2, 0.25) is 0 Å². The van der Waals surface area contributed by atoms with Gasteiger partial charge in [0.1, 0.15) is 0 Å². The predicted molar refractivity (Wildman–Crippen MR) is 67.0 cm³/mol. The molecule has 0 amide bonds. The molecule has 0 saturated carbocycles. The summed E-state index contributed by atoms with van der Waals surface area (Å²) in [5.74, 6) is 0.107. The number of halogens is 1. The maximum atomic E-state index is 11.4. The quantitative estimate of drug-likeness (QED) is 0.850. The van der Waals surface area contributed by atoms with Crippen LogP contribution in [0.2, 0.25) is 0 Å². The van der Waals surface area contributed by atoms with Gasteiger partial charge in [0, 0.05) is 15.1 Å². The van der Waals surface area contributed by atoms with Crippen LogP contribution >= 0.6 is 27.7 Å². The number of ketones is 1. The highest BCUT2D eigenvalue weighted by Crippen LogP contribution is 2.40. The Kier molecular flexibility index (Phi) is 2.89. The highest BCUT2D eigenvalue weighted by molar-refractivity contribution is 9.10. The van der Waals surface area contributed by atoms with Crippen LogP contribution in [0.3, 0.4) is 0 Å². The molecule has 1 aromatic carbocycles. The summed E-state index contributed by atoms with van der Waals surface area (Å²) in [6.07, 6.45) is 0. The van der Waals surface area contributed by atoms with Crippen LogP contribution in [0.5, 0.6) is 0 Å². The first-order valence-corrected chi connectivity index (χ1v) is 6.15. The molecule has 1 N–H and O–H groups in total. The standard InChI is InChI=1S/C11H10BrNOS/c1-6-11(7(2)14)15-10-5-8(12)3-4-9(10)13-6/h3-5,13H,1-2H3. The molecule has 0 unspecified atom stereocenters. The van der Waals surface area contributed by atoms with E-state index >= 15 is 0 Å². The number of allylic oxidation sites excluding steroid dienone is 2. The molecule has 2 nitrogen and oxygen atoms in total. The van der Waals surface area contributed by atoms with Crippen LogP contribution in [0, 0.1) is 0 Å². The van der Waals surface area contributed by atoms with Crippen LogP contribution in [-0.2, 0) is 4.79 Å². The molecule has 0 aliphatic carbocycles. The van der Waals surface area contributed by atoms with Crippen molar-refractivity contribution in [3.05, 3.63) is 33.3 Å². The van der Waals surface area contributed by atoms with E-state index in [2.05, 4.69) is 21.2 Å². The highest BCUT2D eigenvalue weighted by Gasteiger charge is 2.18. The zero-order valence-corrected chi connectivity index (χ0v) is 10.8. The Labute approximate surface area is 101 Å². The lowest BCUT2D eigenvalue weighted by molar-refractivity contribution is -0.113. The molecule has 1 aliphatic rings. The minimum absolute atomic E-state index is 0.107. The Balaban J connectivity index is 2.43. The number of carbonyl (C=O) groups is 1. The van der Waals surface area contributed by atoms with Crippen LogP contribution in [0.15, 0.2) is 38.2 Å². The molecule has 78 valence electrons. The van der Waals surface area contributed by atoms with Crippen LogP contribution < -0.4 is 5.32 Å². The van der Waals surface area contributed by atoms with Crippen molar-refractivity contribution in [2.75, 3.05) is 5.32 Å². The summed E-state index contributed by atoms with van der Waals surface area (Å²) in [6.45, 7) is 3.52. The molecule has 0 spiro atoms. The van der Waals surface area contributed by atoms with Crippen molar-refractivity contribution in [1.82, 2.24) is 0 Å². The summed E-state index contributed by atoms with van der Waals surface area (Å²) in [6, 6.07) is 6.01. The van der Waals surface area contributed by atoms with Crippen LogP contribution in [0.1, 0.15) is 13.8 Å². The van der Waals surface area contributed by atoms with Crippen molar-refractivity contribution in [1.29, 1.82) is 0 Å². The maximum Gasteiger partial charge on any atom is 0.168 e. The number of carbonyl (C=O) groups excluding carboxylic acids is 1. The number of hydrogen-bond donors (Lipinski definition) is 1. The molecule has 0 atom stereocenters. The number of anilines is 1. The molecule has 1 aromatic rings. The maximum absolute atomic E-state index is 11.4. The summed E-state index contributed by atoms with van der Waals surface area (Å²) >= 11 is 4.95. The fraction of sp³-hybridized carbons (Fsp3) is 0.182. The van der Waals surface area contributed by atoms with Gasteiger partial charge < -0.3 is 5.32 Å². The van der Waals surface area contributed by atoms with Gasteiger partial charge in [-0.1, -0.05) is 27.7 Å². The average molecular weight is 284 g/mol. The van der Waals surface area contributed by atoms with Crippen molar-refractivity contribution in [2.24, 2.45) is 0 Å². The zero-order valence-electron chi connectivity index (χ0n) is 8.43. The lowest BCUT2D eigenvalue weighted by atomic mass is 10.2. The highest BCUT2D eigenvalue weighted by atomic mass is 79.9. The number of Topliss-reactive ketones (excluding diaryl/α,β-unsaturated/α-hetero) is 1. The molecular weight excluding hydrogens is 274 g/mol. The molecule has 1 aliphatic heterocycles. The zero-order chi connectivity index (χ0) is 11.0. The average Bonchev–Trinajstić information content (AvgIpc) is 2.17. The van der Waals surface area contributed by atoms with Gasteiger partial charge in [-0.15, -0.1) is 0 Å². The second-order valence-electron chi connectivity index (χ2n) is 3.38. The lowest BCUT2D eigenvalue weighted by Gasteiger charge is -2.20. The molecule has 0 aromatic heterocycles. The number of fused-ring (bicyclic) bond motifs is 1. The first-order chi connectivity index (χ1) is 7.08. The first-order valence-electron chi connectivity index (χ1n) is 4.54. The van der Waals surface area contributed by atoms with Crippen molar-refractivity contribution in [3.8, 4) is 0 Å². The van der Waals surface area contributed by atoms with Gasteiger partial charge in [-0.3, -0.25) is 4.79 Å². The third kappa shape index (κ3) is 2.11. The van der Waals surface area contributed by atoms with Gasteiger partial charge >= 0.3 is 0 Å². The number of hydrogen-bond acceptors (Lipinski definition) is 3. The second-order valence-corrected chi connectivity index (χ2v) is 5.35. The van der Waals surface area contributed by atoms with Gasteiger partial charge in [0.15, 0.2) is 5.78 Å². The fourth-order valence-electron chi connectivity index (χ4n) is 1.47. The molecule has 0 radical (unpaired) electrons. The number of nitrogens with one attached hydrogen (secondary N) is 1. The van der Waals surface area contributed by atoms with Gasteiger partial charge in [-0.2, -0.15) is 0 Å². The number of rotatable bonds is 1. The fourth-order valence-corrected chi connectivity index (χ4v) is 2.96. The Hall–Kier alpha value is -0.740. The second kappa shape index (κ2) is 4.02. The molecule has 4 heteroatoms. The lowest BCUT2D eigenvalue weighted by Crippen LogP contribution is -2.09. The van der Waals surface area contributed by atoms with E-state index in [0.717, 1.165) is 25.7 Å². The molecule has 15 heavy (non-hydrogen) atoms. The first kappa shape index (κ1) is 10.8. The summed E-state index contributed by atoms with van der Waals surface area (Å²) in [7, 11) is 0. The molecular formula is C11H10BrNOS. The van der Waals surface area contributed by atoms with E-state index in [9.17, 15) is 4.79 Å². The Morgan fingerprint density at radius 2 is 2.20 bits per heavy atom. The minimum atomic E-state index is 0.107. The van der Waals surface area contributed by atoms with E-state index in [1.807, 2.05) is 25.1 Å². The van der Waals surface area contributed by atoms with E-state index < -0.39 is 0 Å². The predicted octanol–water partition coefficient (Wildman–Crippen LogP) is 3.79. The van der Waals surface area contributed by atoms with E-state index in [4.69, 9.17) is 0 Å². The van der Waals surface area contributed by atoms with Crippen molar-refractivity contribution in [2.45, 2.75) is 18.7 Å². The normalized spacial score (nSPS) is 14.6. The van der Waals surface area contributed by atoms with Crippen molar-refractivity contribution < 1.29 is 4.79 Å². The van der Waals surface area contributed by atoms with Crippen molar-refractivity contribution in [3.63, 3.8) is 0 Å². The molecule has 0 saturated heterocycles. The molecule has 1 heterocycles. The Morgan fingerprint density at radius 1 is 1.47 bits per heavy atom. The third-order valence-corrected chi connectivity index (χ3v) is 3.99. The molecule has 0 bridgehead atoms. The van der Waals surface area contributed by atoms with E-state index in [-0.39, 0.29) is 5.78 Å². The summed E-state index contributed by atoms with van der Waals surface area (Å²) in [5, 5.41) is 3.24. The van der Waals surface area contributed by atoms with E-state index in [1.165, 1.54) is 11.8 Å². The van der Waals surface area contributed by atoms with Gasteiger partial charge in [-0.05, 0) is 32.0 Å². The Bertz CT molecular complexity index is 468. The third-order valence-electron chi connectivity index (χ3n) is 2.14. The van der Waals surface area contributed by atoms with Gasteiger partial charge in [-0.25, -0.2) is 0 Å². The SMILES string of the molecule is CC(=O)C1=C(C)Nc2ccc(Br)cc2S1. The smallest absolute Gasteiger partial charge is 0.168 e. The topological polar surface area (TPSA) is 29.1 Å². The largest absolute Gasteiger partial charge is 0.357 e. The van der Waals surface area contributed by atoms with Crippen LogP contribution in [0.4, 0.5) is 5.69 Å². The van der Waals surface area contributed by atoms with Crippen molar-refractivity contribution >= 4 is 39.2 Å². The molecule has 2 rings (SSSR count). The summed E-state index contributed by atoms with van der Waals surface area (Å²) < 4.78 is 1.03. The van der Waals surface area contributed by atoms with E-state index in [0.29, 0.717) is 0 Å². The van der Waals surface area contributed by atoms with E-state index in [1.54, 1.807) is 6.92 Å². The van der Waals surface area contributed by atoms with Gasteiger partial charge in [0.25, 0.3) is 0 Å². The summed E-state index contributed by atoms with van der Waals surface area (Å²) in [4.78, 5) is 13.2. The van der Waals surface area contributed by atoms with Gasteiger partial charge in [0.05, 0.1) is 10.6 Å². The monoisotopic (exact) mass is 283 g/mol. The molecule has 0 fully saturated rings.